The molecule has 1 aliphatic carbocycles. The van der Waals surface area contributed by atoms with E-state index >= 15 is 0 Å². The molecule has 1 atom stereocenters. The Morgan fingerprint density at radius 2 is 1.85 bits per heavy atom. The van der Waals surface area contributed by atoms with Crippen LogP contribution >= 0.6 is 0 Å². The lowest BCUT2D eigenvalue weighted by atomic mass is 9.73. The van der Waals surface area contributed by atoms with Crippen LogP contribution in [0.3, 0.4) is 0 Å². The van der Waals surface area contributed by atoms with Crippen LogP contribution in [0.1, 0.15) is 58.8 Å². The first-order valence-corrected chi connectivity index (χ1v) is 8.43. The van der Waals surface area contributed by atoms with E-state index in [0.717, 1.165) is 25.6 Å². The summed E-state index contributed by atoms with van der Waals surface area (Å²) in [6, 6.07) is 0.758. The quantitative estimate of drug-likeness (QED) is 0.839. The van der Waals surface area contributed by atoms with E-state index in [2.05, 4.69) is 38.2 Å². The number of hydrogen-bond donors (Lipinski definition) is 1. The summed E-state index contributed by atoms with van der Waals surface area (Å²) in [6.07, 6.45) is 9.35. The Bertz CT molecular complexity index is 297. The molecule has 2 rings (SSSR count). The third-order valence-electron chi connectivity index (χ3n) is 4.95. The van der Waals surface area contributed by atoms with Gasteiger partial charge >= 0.3 is 0 Å². The number of hydrogen-bond acceptors (Lipinski definition) is 3. The summed E-state index contributed by atoms with van der Waals surface area (Å²) in [5, 5.41) is 3.89. The molecule has 2 fully saturated rings. The van der Waals surface area contributed by atoms with Crippen LogP contribution in [0.5, 0.6) is 0 Å². The van der Waals surface area contributed by atoms with Crippen molar-refractivity contribution in [2.45, 2.75) is 70.4 Å². The second-order valence-corrected chi connectivity index (χ2v) is 7.99. The van der Waals surface area contributed by atoms with Crippen LogP contribution in [-0.2, 0) is 4.74 Å². The maximum atomic E-state index is 5.95. The summed E-state index contributed by atoms with van der Waals surface area (Å²) < 4.78 is 5.95. The molecule has 3 nitrogen and oxygen atoms in total. The van der Waals surface area contributed by atoms with Crippen molar-refractivity contribution in [3.05, 3.63) is 0 Å². The second kappa shape index (κ2) is 6.76. The zero-order valence-corrected chi connectivity index (χ0v) is 14.0. The second-order valence-electron chi connectivity index (χ2n) is 7.99. The standard InChI is InChI=1S/C17H34N2O/c1-16(2)12-17(10-11-20-16,14-19(3)4)13-18-15-8-6-5-7-9-15/h15,18H,5-14H2,1-4H3. The van der Waals surface area contributed by atoms with Crippen molar-refractivity contribution in [1.29, 1.82) is 0 Å². The highest BCUT2D eigenvalue weighted by Crippen LogP contribution is 2.39. The Morgan fingerprint density at radius 1 is 1.15 bits per heavy atom. The van der Waals surface area contributed by atoms with Gasteiger partial charge in [-0.05, 0) is 53.6 Å². The van der Waals surface area contributed by atoms with Gasteiger partial charge in [-0.15, -0.1) is 0 Å². The van der Waals surface area contributed by atoms with Gasteiger partial charge in [-0.25, -0.2) is 0 Å². The SMILES string of the molecule is CN(C)CC1(CNC2CCCCC2)CCOC(C)(C)C1. The molecule has 0 amide bonds. The molecule has 0 radical (unpaired) electrons. The van der Waals surface area contributed by atoms with Gasteiger partial charge < -0.3 is 15.0 Å². The van der Waals surface area contributed by atoms with Gasteiger partial charge in [-0.3, -0.25) is 0 Å². The summed E-state index contributed by atoms with van der Waals surface area (Å²) >= 11 is 0. The first kappa shape index (κ1) is 16.3. The van der Waals surface area contributed by atoms with Crippen molar-refractivity contribution in [1.82, 2.24) is 10.2 Å². The molecule has 0 aromatic carbocycles. The first-order chi connectivity index (χ1) is 9.41. The summed E-state index contributed by atoms with van der Waals surface area (Å²) in [6.45, 7) is 7.73. The van der Waals surface area contributed by atoms with Gasteiger partial charge in [-0.1, -0.05) is 19.3 Å². The van der Waals surface area contributed by atoms with Crippen molar-refractivity contribution in [3.8, 4) is 0 Å². The highest BCUT2D eigenvalue weighted by molar-refractivity contribution is 4.94. The minimum atomic E-state index is 0.0303. The minimum absolute atomic E-state index is 0.0303. The lowest BCUT2D eigenvalue weighted by molar-refractivity contribution is -0.109. The Kier molecular flexibility index (Phi) is 5.49. The molecule has 3 heteroatoms. The molecule has 1 unspecified atom stereocenters. The molecular weight excluding hydrogens is 248 g/mol. The van der Waals surface area contributed by atoms with Crippen molar-refractivity contribution < 1.29 is 4.74 Å². The van der Waals surface area contributed by atoms with Crippen LogP contribution in [-0.4, -0.2) is 50.3 Å². The van der Waals surface area contributed by atoms with Crippen LogP contribution < -0.4 is 5.32 Å². The third kappa shape index (κ3) is 4.71. The van der Waals surface area contributed by atoms with E-state index in [4.69, 9.17) is 4.74 Å². The predicted molar refractivity (Wildman–Crippen MR) is 85.1 cm³/mol. The molecule has 1 N–H and O–H groups in total. The highest BCUT2D eigenvalue weighted by atomic mass is 16.5. The fourth-order valence-electron chi connectivity index (χ4n) is 4.27. The molecule has 118 valence electrons. The Morgan fingerprint density at radius 3 is 2.45 bits per heavy atom. The van der Waals surface area contributed by atoms with Crippen molar-refractivity contribution in [2.24, 2.45) is 5.41 Å². The van der Waals surface area contributed by atoms with Gasteiger partial charge in [0, 0.05) is 31.2 Å². The van der Waals surface area contributed by atoms with Gasteiger partial charge in [0.25, 0.3) is 0 Å². The maximum absolute atomic E-state index is 5.95. The van der Waals surface area contributed by atoms with Crippen molar-refractivity contribution >= 4 is 0 Å². The van der Waals surface area contributed by atoms with Crippen LogP contribution in [0, 0.1) is 5.41 Å². The Labute approximate surface area is 125 Å². The van der Waals surface area contributed by atoms with Gasteiger partial charge in [0.1, 0.15) is 0 Å². The molecule has 20 heavy (non-hydrogen) atoms. The molecule has 2 aliphatic rings. The molecule has 1 saturated heterocycles. The minimum Gasteiger partial charge on any atom is -0.376 e. The molecule has 0 aromatic rings. The van der Waals surface area contributed by atoms with E-state index < -0.39 is 0 Å². The van der Waals surface area contributed by atoms with Crippen LogP contribution in [0.4, 0.5) is 0 Å². The lowest BCUT2D eigenvalue weighted by Gasteiger charge is -2.47. The maximum Gasteiger partial charge on any atom is 0.0632 e. The molecule has 1 heterocycles. The number of nitrogens with zero attached hydrogens (tertiary/aromatic N) is 1. The zero-order valence-electron chi connectivity index (χ0n) is 14.0. The molecule has 0 bridgehead atoms. The number of ether oxygens (including phenoxy) is 1. The first-order valence-electron chi connectivity index (χ1n) is 8.43. The van der Waals surface area contributed by atoms with E-state index in [0.29, 0.717) is 5.41 Å². The topological polar surface area (TPSA) is 24.5 Å². The average molecular weight is 282 g/mol. The highest BCUT2D eigenvalue weighted by Gasteiger charge is 2.41. The van der Waals surface area contributed by atoms with Crippen molar-refractivity contribution in [2.75, 3.05) is 33.8 Å². The predicted octanol–water partition coefficient (Wildman–Crippen LogP) is 3.05. The summed E-state index contributed by atoms with van der Waals surface area (Å²) in [7, 11) is 4.40. The summed E-state index contributed by atoms with van der Waals surface area (Å²) in [5.74, 6) is 0. The van der Waals surface area contributed by atoms with E-state index in [-0.39, 0.29) is 5.60 Å². The fourth-order valence-corrected chi connectivity index (χ4v) is 4.27. The number of nitrogens with one attached hydrogen (secondary N) is 1. The zero-order chi connectivity index (χ0) is 14.6. The van der Waals surface area contributed by atoms with E-state index in [1.807, 2.05) is 0 Å². The van der Waals surface area contributed by atoms with Gasteiger partial charge in [-0.2, -0.15) is 0 Å². The Balaban J connectivity index is 1.95. The van der Waals surface area contributed by atoms with E-state index in [1.165, 1.54) is 45.1 Å². The van der Waals surface area contributed by atoms with Crippen molar-refractivity contribution in [3.63, 3.8) is 0 Å². The average Bonchev–Trinajstić information content (AvgIpc) is 2.36. The van der Waals surface area contributed by atoms with Gasteiger partial charge in [0.2, 0.25) is 0 Å². The summed E-state index contributed by atoms with van der Waals surface area (Å²) in [5.41, 5.74) is 0.408. The monoisotopic (exact) mass is 282 g/mol. The van der Waals surface area contributed by atoms with Gasteiger partial charge in [0.05, 0.1) is 5.60 Å². The Hall–Kier alpha value is -0.120. The normalized spacial score (nSPS) is 31.6. The molecule has 1 aliphatic heterocycles. The summed E-state index contributed by atoms with van der Waals surface area (Å²) in [4.78, 5) is 2.35. The van der Waals surface area contributed by atoms with E-state index in [1.54, 1.807) is 0 Å². The van der Waals surface area contributed by atoms with Crippen LogP contribution in [0.15, 0.2) is 0 Å². The largest absolute Gasteiger partial charge is 0.376 e. The molecular formula is C17H34N2O. The lowest BCUT2D eigenvalue weighted by Crippen LogP contribution is -2.52. The molecule has 0 spiro atoms. The van der Waals surface area contributed by atoms with Crippen LogP contribution in [0.2, 0.25) is 0 Å². The van der Waals surface area contributed by atoms with Gasteiger partial charge in [0.15, 0.2) is 0 Å². The van der Waals surface area contributed by atoms with E-state index in [9.17, 15) is 0 Å². The van der Waals surface area contributed by atoms with Crippen LogP contribution in [0.25, 0.3) is 0 Å². The third-order valence-corrected chi connectivity index (χ3v) is 4.95. The molecule has 1 saturated carbocycles. The molecule has 0 aromatic heterocycles. The smallest absolute Gasteiger partial charge is 0.0632 e. The fraction of sp³-hybridized carbons (Fsp3) is 1.00. The number of rotatable bonds is 5.